The molecule has 0 saturated heterocycles. The summed E-state index contributed by atoms with van der Waals surface area (Å²) in [4.78, 5) is 16.9. The van der Waals surface area contributed by atoms with E-state index in [4.69, 9.17) is 14.3 Å². The molecule has 3 rings (SSSR count). The minimum Gasteiger partial charge on any atom is -0.493 e. The first-order valence-electron chi connectivity index (χ1n) is 9.31. The zero-order chi connectivity index (χ0) is 22.1. The standard InChI is InChI=1S/C23H20BrFN2O4/c1-29-21-12-16(13-26-31-15-22(28)27-18-8-3-2-4-9-18)11-19(24)23(21)30-14-17-7-5-6-10-20(17)25/h2-13H,14-15H2,1H3,(H,27,28)/b26-13+. The number of hydrogen-bond acceptors (Lipinski definition) is 5. The lowest BCUT2D eigenvalue weighted by Crippen LogP contribution is -2.16. The number of ether oxygens (including phenoxy) is 2. The number of carbonyl (C=O) groups is 1. The van der Waals surface area contributed by atoms with Gasteiger partial charge in [0.15, 0.2) is 18.1 Å². The molecule has 3 aromatic carbocycles. The fourth-order valence-electron chi connectivity index (χ4n) is 2.63. The zero-order valence-electron chi connectivity index (χ0n) is 16.7. The fraction of sp³-hybridized carbons (Fsp3) is 0.130. The third-order valence-electron chi connectivity index (χ3n) is 4.11. The molecule has 0 unspecified atom stereocenters. The average Bonchev–Trinajstić information content (AvgIpc) is 2.77. The van der Waals surface area contributed by atoms with E-state index in [-0.39, 0.29) is 24.9 Å². The molecule has 0 radical (unpaired) electrons. The Morgan fingerprint density at radius 1 is 1.13 bits per heavy atom. The number of nitrogens with one attached hydrogen (secondary N) is 1. The molecule has 0 aliphatic heterocycles. The van der Waals surface area contributed by atoms with Gasteiger partial charge in [0.25, 0.3) is 5.91 Å². The van der Waals surface area contributed by atoms with Gasteiger partial charge in [0.1, 0.15) is 12.4 Å². The summed E-state index contributed by atoms with van der Waals surface area (Å²) >= 11 is 3.43. The van der Waals surface area contributed by atoms with Gasteiger partial charge in [0.2, 0.25) is 0 Å². The number of anilines is 1. The van der Waals surface area contributed by atoms with E-state index in [0.29, 0.717) is 32.8 Å². The lowest BCUT2D eigenvalue weighted by atomic mass is 10.2. The van der Waals surface area contributed by atoms with E-state index in [2.05, 4.69) is 26.4 Å². The number of hydrogen-bond donors (Lipinski definition) is 1. The quantitative estimate of drug-likeness (QED) is 0.334. The summed E-state index contributed by atoms with van der Waals surface area (Å²) in [6.07, 6.45) is 1.45. The van der Waals surface area contributed by atoms with E-state index in [1.165, 1.54) is 19.4 Å². The largest absolute Gasteiger partial charge is 0.493 e. The molecule has 0 aromatic heterocycles. The van der Waals surface area contributed by atoms with Crippen LogP contribution < -0.4 is 14.8 Å². The minimum absolute atomic E-state index is 0.0503. The second-order valence-electron chi connectivity index (χ2n) is 6.34. The third kappa shape index (κ3) is 6.55. The molecular formula is C23H20BrFN2O4. The van der Waals surface area contributed by atoms with Crippen LogP contribution in [0.15, 0.2) is 76.4 Å². The van der Waals surface area contributed by atoms with E-state index in [9.17, 15) is 9.18 Å². The number of benzene rings is 3. The van der Waals surface area contributed by atoms with Crippen LogP contribution in [0.25, 0.3) is 0 Å². The third-order valence-corrected chi connectivity index (χ3v) is 4.70. The van der Waals surface area contributed by atoms with Crippen molar-refractivity contribution < 1.29 is 23.5 Å². The van der Waals surface area contributed by atoms with Gasteiger partial charge < -0.3 is 19.6 Å². The van der Waals surface area contributed by atoms with Crippen LogP contribution in [0.5, 0.6) is 11.5 Å². The van der Waals surface area contributed by atoms with Crippen molar-refractivity contribution in [3.05, 3.63) is 88.1 Å². The summed E-state index contributed by atoms with van der Waals surface area (Å²) in [5, 5.41) is 6.52. The number of amides is 1. The van der Waals surface area contributed by atoms with Gasteiger partial charge in [-0.15, -0.1) is 0 Å². The molecule has 6 nitrogen and oxygen atoms in total. The van der Waals surface area contributed by atoms with Crippen LogP contribution >= 0.6 is 15.9 Å². The van der Waals surface area contributed by atoms with Gasteiger partial charge in [-0.2, -0.15) is 0 Å². The molecule has 3 aromatic rings. The van der Waals surface area contributed by atoms with Crippen LogP contribution in [0, 0.1) is 5.82 Å². The van der Waals surface area contributed by atoms with Gasteiger partial charge >= 0.3 is 0 Å². The Hall–Kier alpha value is -3.39. The number of halogens is 2. The Kier molecular flexibility index (Phi) is 8.00. The highest BCUT2D eigenvalue weighted by Crippen LogP contribution is 2.37. The summed E-state index contributed by atoms with van der Waals surface area (Å²) in [6, 6.07) is 18.9. The van der Waals surface area contributed by atoms with Gasteiger partial charge in [-0.05, 0) is 46.3 Å². The smallest absolute Gasteiger partial charge is 0.265 e. The molecular weight excluding hydrogens is 467 g/mol. The molecule has 160 valence electrons. The van der Waals surface area contributed by atoms with Crippen LogP contribution in [0.2, 0.25) is 0 Å². The molecule has 0 fully saturated rings. The van der Waals surface area contributed by atoms with Gasteiger partial charge in [-0.3, -0.25) is 4.79 Å². The second kappa shape index (κ2) is 11.1. The van der Waals surface area contributed by atoms with E-state index < -0.39 is 0 Å². The van der Waals surface area contributed by atoms with Gasteiger partial charge in [-0.25, -0.2) is 4.39 Å². The molecule has 8 heteroatoms. The van der Waals surface area contributed by atoms with Crippen molar-refractivity contribution in [3.8, 4) is 11.5 Å². The van der Waals surface area contributed by atoms with Crippen molar-refractivity contribution in [3.63, 3.8) is 0 Å². The maximum absolute atomic E-state index is 13.8. The van der Waals surface area contributed by atoms with Gasteiger partial charge in [-0.1, -0.05) is 41.6 Å². The Bertz CT molecular complexity index is 1060. The Morgan fingerprint density at radius 3 is 2.61 bits per heavy atom. The highest BCUT2D eigenvalue weighted by atomic mass is 79.9. The monoisotopic (exact) mass is 486 g/mol. The molecule has 0 aliphatic carbocycles. The first kappa shape index (κ1) is 22.3. The number of oxime groups is 1. The van der Waals surface area contributed by atoms with Gasteiger partial charge in [0.05, 0.1) is 17.8 Å². The van der Waals surface area contributed by atoms with Crippen molar-refractivity contribution >= 4 is 33.7 Å². The first-order valence-corrected chi connectivity index (χ1v) is 10.1. The lowest BCUT2D eigenvalue weighted by molar-refractivity contribution is -0.120. The molecule has 0 saturated carbocycles. The van der Waals surface area contributed by atoms with Crippen LogP contribution in [0.3, 0.4) is 0 Å². The van der Waals surface area contributed by atoms with E-state index in [0.717, 1.165) is 0 Å². The number of nitrogens with zero attached hydrogens (tertiary/aromatic N) is 1. The first-order chi connectivity index (χ1) is 15.1. The normalized spacial score (nSPS) is 10.7. The molecule has 0 atom stereocenters. The van der Waals surface area contributed by atoms with Crippen molar-refractivity contribution in [2.75, 3.05) is 19.0 Å². The average molecular weight is 487 g/mol. The zero-order valence-corrected chi connectivity index (χ0v) is 18.3. The molecule has 1 N–H and O–H groups in total. The molecule has 1 amide bonds. The summed E-state index contributed by atoms with van der Waals surface area (Å²) in [5.74, 6) is 0.217. The number of para-hydroxylation sites is 1. The Morgan fingerprint density at radius 2 is 1.87 bits per heavy atom. The SMILES string of the molecule is COc1cc(/C=N/OCC(=O)Nc2ccccc2)cc(Br)c1OCc1ccccc1F. The summed E-state index contributed by atoms with van der Waals surface area (Å²) in [5.41, 5.74) is 1.77. The number of methoxy groups -OCH3 is 1. The number of rotatable bonds is 9. The topological polar surface area (TPSA) is 69.2 Å². The van der Waals surface area contributed by atoms with E-state index in [1.807, 2.05) is 18.2 Å². The molecule has 31 heavy (non-hydrogen) atoms. The maximum Gasteiger partial charge on any atom is 0.265 e. The van der Waals surface area contributed by atoms with Crippen LogP contribution in [0.4, 0.5) is 10.1 Å². The predicted molar refractivity (Wildman–Crippen MR) is 120 cm³/mol. The lowest BCUT2D eigenvalue weighted by Gasteiger charge is -2.13. The highest BCUT2D eigenvalue weighted by Gasteiger charge is 2.13. The summed E-state index contributed by atoms with van der Waals surface area (Å²) < 4.78 is 25.5. The van der Waals surface area contributed by atoms with Crippen LogP contribution in [-0.2, 0) is 16.2 Å². The molecule has 0 spiro atoms. The molecule has 0 aliphatic rings. The van der Waals surface area contributed by atoms with Crippen LogP contribution in [0.1, 0.15) is 11.1 Å². The second-order valence-corrected chi connectivity index (χ2v) is 7.19. The maximum atomic E-state index is 13.8. The fourth-order valence-corrected chi connectivity index (χ4v) is 3.21. The van der Waals surface area contributed by atoms with Crippen molar-refractivity contribution in [2.24, 2.45) is 5.16 Å². The Balaban J connectivity index is 1.58. The van der Waals surface area contributed by atoms with E-state index >= 15 is 0 Å². The Labute approximate surface area is 187 Å². The molecule has 0 heterocycles. The van der Waals surface area contributed by atoms with Gasteiger partial charge in [0, 0.05) is 16.8 Å². The van der Waals surface area contributed by atoms with Crippen molar-refractivity contribution in [1.29, 1.82) is 0 Å². The highest BCUT2D eigenvalue weighted by molar-refractivity contribution is 9.10. The van der Waals surface area contributed by atoms with Crippen LogP contribution in [-0.4, -0.2) is 25.8 Å². The summed E-state index contributed by atoms with van der Waals surface area (Å²) in [7, 11) is 1.50. The predicted octanol–water partition coefficient (Wildman–Crippen LogP) is 5.17. The number of carbonyl (C=O) groups excluding carboxylic acids is 1. The van der Waals surface area contributed by atoms with Crippen molar-refractivity contribution in [1.82, 2.24) is 0 Å². The molecule has 0 bridgehead atoms. The summed E-state index contributed by atoms with van der Waals surface area (Å²) in [6.45, 7) is -0.178. The van der Waals surface area contributed by atoms with Crippen molar-refractivity contribution in [2.45, 2.75) is 6.61 Å². The minimum atomic E-state index is -0.338. The van der Waals surface area contributed by atoms with E-state index in [1.54, 1.807) is 42.5 Å².